The second-order valence-corrected chi connectivity index (χ2v) is 6.90. The summed E-state index contributed by atoms with van der Waals surface area (Å²) in [5, 5.41) is 0. The maximum absolute atomic E-state index is 14.4. The van der Waals surface area contributed by atoms with Gasteiger partial charge in [0.2, 0.25) is 0 Å². The predicted molar refractivity (Wildman–Crippen MR) is 97.0 cm³/mol. The maximum atomic E-state index is 14.4. The molecule has 0 atom stereocenters. The van der Waals surface area contributed by atoms with Crippen LogP contribution in [-0.2, 0) is 6.11 Å². The van der Waals surface area contributed by atoms with Crippen molar-refractivity contribution >= 4 is 0 Å². The smallest absolute Gasteiger partial charge is 0.426 e. The molecule has 1 aliphatic carbocycles. The summed E-state index contributed by atoms with van der Waals surface area (Å²) in [5.41, 5.74) is 2.03. The highest BCUT2D eigenvalue weighted by atomic mass is 19.3. The Bertz CT molecular complexity index is 696. The molecule has 0 heterocycles. The van der Waals surface area contributed by atoms with E-state index in [1.54, 1.807) is 24.3 Å². The molecule has 0 unspecified atom stereocenters. The minimum atomic E-state index is -3.34. The second-order valence-electron chi connectivity index (χ2n) is 6.90. The van der Waals surface area contributed by atoms with Gasteiger partial charge in [0.15, 0.2) is 0 Å². The number of benzene rings is 2. The lowest BCUT2D eigenvalue weighted by Gasteiger charge is -2.27. The largest absolute Gasteiger partial charge is 0.429 e. The topological polar surface area (TPSA) is 9.23 Å². The SMILES string of the molecule is C=CC1CCC(c2ccc(C(F)(F)Oc3ccc(C)cc3)cc2)CC1. The summed E-state index contributed by atoms with van der Waals surface area (Å²) in [6, 6.07) is 13.3. The Hall–Kier alpha value is -2.16. The summed E-state index contributed by atoms with van der Waals surface area (Å²) in [5.74, 6) is 1.22. The van der Waals surface area contributed by atoms with E-state index in [0.29, 0.717) is 11.8 Å². The number of alkyl halides is 2. The van der Waals surface area contributed by atoms with Crippen LogP contribution in [0, 0.1) is 12.8 Å². The van der Waals surface area contributed by atoms with Crippen LogP contribution in [0.3, 0.4) is 0 Å². The van der Waals surface area contributed by atoms with E-state index in [-0.39, 0.29) is 11.3 Å². The zero-order chi connectivity index (χ0) is 17.9. The van der Waals surface area contributed by atoms with Gasteiger partial charge in [-0.25, -0.2) is 0 Å². The lowest BCUT2D eigenvalue weighted by Crippen LogP contribution is -2.22. The van der Waals surface area contributed by atoms with Crippen molar-refractivity contribution < 1.29 is 13.5 Å². The third kappa shape index (κ3) is 4.28. The highest BCUT2D eigenvalue weighted by Gasteiger charge is 2.34. The highest BCUT2D eigenvalue weighted by molar-refractivity contribution is 5.30. The highest BCUT2D eigenvalue weighted by Crippen LogP contribution is 2.37. The van der Waals surface area contributed by atoms with Gasteiger partial charge in [-0.15, -0.1) is 6.58 Å². The Morgan fingerprint density at radius 1 is 0.960 bits per heavy atom. The van der Waals surface area contributed by atoms with E-state index < -0.39 is 6.11 Å². The number of ether oxygens (including phenoxy) is 1. The van der Waals surface area contributed by atoms with Gasteiger partial charge in [0.25, 0.3) is 0 Å². The molecule has 1 fully saturated rings. The van der Waals surface area contributed by atoms with Gasteiger partial charge in [-0.3, -0.25) is 0 Å². The summed E-state index contributed by atoms with van der Waals surface area (Å²) in [4.78, 5) is 0. The van der Waals surface area contributed by atoms with Gasteiger partial charge < -0.3 is 4.74 Å². The molecule has 0 spiro atoms. The Morgan fingerprint density at radius 3 is 2.12 bits per heavy atom. The van der Waals surface area contributed by atoms with Gasteiger partial charge in [-0.1, -0.05) is 35.9 Å². The molecule has 2 aromatic rings. The Balaban J connectivity index is 1.68. The van der Waals surface area contributed by atoms with Crippen molar-refractivity contribution in [3.8, 4) is 5.75 Å². The number of aryl methyl sites for hydroxylation is 1. The number of hydrogen-bond acceptors (Lipinski definition) is 1. The predicted octanol–water partition coefficient (Wildman–Crippen LogP) is 6.58. The Labute approximate surface area is 148 Å². The molecule has 0 amide bonds. The molecule has 1 nitrogen and oxygen atoms in total. The van der Waals surface area contributed by atoms with Crippen molar-refractivity contribution in [2.75, 3.05) is 0 Å². The maximum Gasteiger partial charge on any atom is 0.426 e. The number of allylic oxidation sites excluding steroid dienone is 1. The van der Waals surface area contributed by atoms with E-state index in [1.807, 2.05) is 25.1 Å². The molecule has 0 saturated heterocycles. The number of halogens is 2. The molecule has 1 aliphatic rings. The van der Waals surface area contributed by atoms with Gasteiger partial charge in [0, 0.05) is 0 Å². The molecule has 132 valence electrons. The van der Waals surface area contributed by atoms with Crippen LogP contribution in [-0.4, -0.2) is 0 Å². The van der Waals surface area contributed by atoms with E-state index in [9.17, 15) is 8.78 Å². The van der Waals surface area contributed by atoms with E-state index >= 15 is 0 Å². The average Bonchev–Trinajstić information content (AvgIpc) is 2.64. The number of hydrogen-bond donors (Lipinski definition) is 0. The quantitative estimate of drug-likeness (QED) is 0.557. The Kier molecular flexibility index (Phi) is 5.22. The van der Waals surface area contributed by atoms with E-state index in [2.05, 4.69) is 6.58 Å². The fourth-order valence-corrected chi connectivity index (χ4v) is 3.45. The minimum Gasteiger partial charge on any atom is -0.429 e. The van der Waals surface area contributed by atoms with Crippen molar-refractivity contribution in [1.29, 1.82) is 0 Å². The first-order valence-electron chi connectivity index (χ1n) is 8.84. The Morgan fingerprint density at radius 2 is 1.56 bits per heavy atom. The van der Waals surface area contributed by atoms with Crippen LogP contribution in [0.5, 0.6) is 5.75 Å². The van der Waals surface area contributed by atoms with Gasteiger partial charge in [0.05, 0.1) is 5.56 Å². The standard InChI is InChI=1S/C22H24F2O/c1-3-17-6-8-18(9-7-17)19-10-12-20(13-11-19)22(23,24)25-21-14-4-16(2)5-15-21/h3-5,10-15,17-18H,1,6-9H2,2H3. The third-order valence-corrected chi connectivity index (χ3v) is 5.09. The monoisotopic (exact) mass is 342 g/mol. The van der Waals surface area contributed by atoms with Crippen molar-refractivity contribution in [3.63, 3.8) is 0 Å². The van der Waals surface area contributed by atoms with Gasteiger partial charge in [-0.2, -0.15) is 8.78 Å². The molecule has 0 radical (unpaired) electrons. The first-order valence-corrected chi connectivity index (χ1v) is 8.84. The van der Waals surface area contributed by atoms with Gasteiger partial charge >= 0.3 is 6.11 Å². The summed E-state index contributed by atoms with van der Waals surface area (Å²) in [6.07, 6.45) is 3.13. The molecule has 0 N–H and O–H groups in total. The summed E-state index contributed by atoms with van der Waals surface area (Å²) in [6.45, 7) is 5.77. The van der Waals surface area contributed by atoms with Crippen LogP contribution in [0.4, 0.5) is 8.78 Å². The molecule has 3 rings (SSSR count). The zero-order valence-corrected chi connectivity index (χ0v) is 14.6. The van der Waals surface area contributed by atoms with Crippen LogP contribution < -0.4 is 4.74 Å². The summed E-state index contributed by atoms with van der Waals surface area (Å²) in [7, 11) is 0. The molecule has 2 aromatic carbocycles. The molecular formula is C22H24F2O. The average molecular weight is 342 g/mol. The lowest BCUT2D eigenvalue weighted by atomic mass is 9.79. The van der Waals surface area contributed by atoms with Crippen molar-refractivity contribution in [1.82, 2.24) is 0 Å². The number of rotatable bonds is 5. The van der Waals surface area contributed by atoms with E-state index in [1.165, 1.54) is 12.1 Å². The molecule has 0 aromatic heterocycles. The molecular weight excluding hydrogens is 318 g/mol. The molecule has 0 bridgehead atoms. The third-order valence-electron chi connectivity index (χ3n) is 5.09. The van der Waals surface area contributed by atoms with Crippen LogP contribution in [0.1, 0.15) is 48.3 Å². The van der Waals surface area contributed by atoms with E-state index in [0.717, 1.165) is 36.8 Å². The van der Waals surface area contributed by atoms with Crippen molar-refractivity contribution in [2.24, 2.45) is 5.92 Å². The van der Waals surface area contributed by atoms with Crippen molar-refractivity contribution in [3.05, 3.63) is 77.9 Å². The van der Waals surface area contributed by atoms with Crippen LogP contribution >= 0.6 is 0 Å². The minimum absolute atomic E-state index is 0.114. The zero-order valence-electron chi connectivity index (χ0n) is 14.6. The second kappa shape index (κ2) is 7.38. The molecule has 25 heavy (non-hydrogen) atoms. The first kappa shape index (κ1) is 17.7. The summed E-state index contributed by atoms with van der Waals surface area (Å²) >= 11 is 0. The van der Waals surface area contributed by atoms with E-state index in [4.69, 9.17) is 4.74 Å². The lowest BCUT2D eigenvalue weighted by molar-refractivity contribution is -0.185. The molecule has 0 aliphatic heterocycles. The van der Waals surface area contributed by atoms with Crippen LogP contribution in [0.25, 0.3) is 0 Å². The van der Waals surface area contributed by atoms with Gasteiger partial charge in [0.1, 0.15) is 5.75 Å². The normalized spacial score (nSPS) is 20.9. The van der Waals surface area contributed by atoms with Crippen LogP contribution in [0.2, 0.25) is 0 Å². The molecule has 1 saturated carbocycles. The fourth-order valence-electron chi connectivity index (χ4n) is 3.45. The van der Waals surface area contributed by atoms with Gasteiger partial charge in [-0.05, 0) is 74.3 Å². The molecule has 3 heteroatoms. The fraction of sp³-hybridized carbons (Fsp3) is 0.364. The van der Waals surface area contributed by atoms with Crippen LogP contribution in [0.15, 0.2) is 61.2 Å². The summed E-state index contributed by atoms with van der Waals surface area (Å²) < 4.78 is 33.7. The first-order chi connectivity index (χ1) is 12.0. The van der Waals surface area contributed by atoms with Crippen molar-refractivity contribution in [2.45, 2.75) is 44.6 Å².